The number of rotatable bonds is 5. The first kappa shape index (κ1) is 16.8. The molecule has 2 aromatic rings. The molecule has 0 atom stereocenters. The zero-order chi connectivity index (χ0) is 17.8. The Hall–Kier alpha value is -3.02. The van der Waals surface area contributed by atoms with Crippen molar-refractivity contribution in [3.05, 3.63) is 54.1 Å². The van der Waals surface area contributed by atoms with Gasteiger partial charge in [-0.15, -0.1) is 0 Å². The van der Waals surface area contributed by atoms with Crippen LogP contribution in [0.4, 0.5) is 5.69 Å². The molecule has 0 aromatic heterocycles. The van der Waals surface area contributed by atoms with Gasteiger partial charge in [-0.3, -0.25) is 9.59 Å². The number of carbonyl (C=O) groups is 2. The first-order valence-electron chi connectivity index (χ1n) is 8.00. The van der Waals surface area contributed by atoms with Gasteiger partial charge in [0.15, 0.2) is 0 Å². The van der Waals surface area contributed by atoms with Crippen LogP contribution >= 0.6 is 0 Å². The van der Waals surface area contributed by atoms with Gasteiger partial charge in [0.05, 0.1) is 14.2 Å². The van der Waals surface area contributed by atoms with Gasteiger partial charge < -0.3 is 19.3 Å². The van der Waals surface area contributed by atoms with Crippen LogP contribution in [0.1, 0.15) is 5.56 Å². The molecule has 3 rings (SSSR count). The largest absolute Gasteiger partial charge is 0.497 e. The van der Waals surface area contributed by atoms with E-state index in [0.717, 1.165) is 11.3 Å². The molecule has 25 heavy (non-hydrogen) atoms. The molecule has 0 spiro atoms. The number of benzene rings is 2. The van der Waals surface area contributed by atoms with Gasteiger partial charge in [-0.25, -0.2) is 0 Å². The summed E-state index contributed by atoms with van der Waals surface area (Å²) in [4.78, 5) is 28.0. The zero-order valence-electron chi connectivity index (χ0n) is 14.3. The summed E-state index contributed by atoms with van der Waals surface area (Å²) in [6, 6.07) is 14.6. The summed E-state index contributed by atoms with van der Waals surface area (Å²) in [6.45, 7) is 1.33. The van der Waals surface area contributed by atoms with E-state index in [0.29, 0.717) is 31.1 Å². The quantitative estimate of drug-likeness (QED) is 0.782. The van der Waals surface area contributed by atoms with E-state index < -0.39 is 11.8 Å². The monoisotopic (exact) mass is 340 g/mol. The number of ether oxygens (including phenoxy) is 2. The van der Waals surface area contributed by atoms with E-state index in [4.69, 9.17) is 9.47 Å². The number of nitrogens with zero attached hydrogens (tertiary/aromatic N) is 2. The van der Waals surface area contributed by atoms with E-state index in [1.165, 1.54) is 4.90 Å². The molecule has 130 valence electrons. The van der Waals surface area contributed by atoms with Gasteiger partial charge in [-0.05, 0) is 42.0 Å². The minimum atomic E-state index is -0.515. The predicted molar refractivity (Wildman–Crippen MR) is 93.8 cm³/mol. The van der Waals surface area contributed by atoms with Crippen LogP contribution in [0, 0.1) is 0 Å². The molecule has 2 amide bonds. The lowest BCUT2D eigenvalue weighted by molar-refractivity contribution is -0.146. The molecule has 1 aliphatic rings. The lowest BCUT2D eigenvalue weighted by Crippen LogP contribution is -2.54. The third-order valence-electron chi connectivity index (χ3n) is 4.20. The van der Waals surface area contributed by atoms with E-state index in [9.17, 15) is 9.59 Å². The number of amides is 2. The average Bonchev–Trinajstić information content (AvgIpc) is 2.66. The lowest BCUT2D eigenvalue weighted by Gasteiger charge is -2.33. The number of hydrogen-bond acceptors (Lipinski definition) is 4. The molecule has 2 aromatic carbocycles. The minimum absolute atomic E-state index is 0.387. The third kappa shape index (κ3) is 3.57. The highest BCUT2D eigenvalue weighted by Gasteiger charge is 2.33. The molecule has 6 heteroatoms. The summed E-state index contributed by atoms with van der Waals surface area (Å²) in [7, 11) is 3.18. The molecule has 0 bridgehead atoms. The fraction of sp³-hybridized carbons (Fsp3) is 0.263. The highest BCUT2D eigenvalue weighted by molar-refractivity contribution is 6.40. The molecule has 1 heterocycles. The van der Waals surface area contributed by atoms with Crippen LogP contribution in [0.2, 0.25) is 0 Å². The topological polar surface area (TPSA) is 59.1 Å². The molecular weight excluding hydrogens is 320 g/mol. The number of hydrogen-bond donors (Lipinski definition) is 0. The predicted octanol–water partition coefficient (Wildman–Crippen LogP) is 2.08. The number of methoxy groups -OCH3 is 2. The Bertz CT molecular complexity index is 773. The van der Waals surface area contributed by atoms with Crippen molar-refractivity contribution in [2.45, 2.75) is 6.54 Å². The van der Waals surface area contributed by atoms with Gasteiger partial charge in [-0.2, -0.15) is 0 Å². The van der Waals surface area contributed by atoms with E-state index in [-0.39, 0.29) is 0 Å². The zero-order valence-corrected chi connectivity index (χ0v) is 14.3. The first-order valence-corrected chi connectivity index (χ1v) is 8.00. The van der Waals surface area contributed by atoms with Crippen molar-refractivity contribution in [1.82, 2.24) is 4.90 Å². The maximum Gasteiger partial charge on any atom is 0.316 e. The molecule has 1 saturated heterocycles. The highest BCUT2D eigenvalue weighted by atomic mass is 16.5. The number of piperazine rings is 1. The van der Waals surface area contributed by atoms with Crippen LogP contribution in [0.3, 0.4) is 0 Å². The molecule has 0 N–H and O–H groups in total. The fourth-order valence-corrected chi connectivity index (χ4v) is 2.83. The second kappa shape index (κ2) is 7.25. The summed E-state index contributed by atoms with van der Waals surface area (Å²) in [5.74, 6) is 0.427. The summed E-state index contributed by atoms with van der Waals surface area (Å²) in [5.41, 5.74) is 1.62. The van der Waals surface area contributed by atoms with Crippen LogP contribution in [0.5, 0.6) is 11.5 Å². The molecule has 0 saturated carbocycles. The van der Waals surface area contributed by atoms with Crippen LogP contribution in [-0.4, -0.2) is 44.0 Å². The van der Waals surface area contributed by atoms with Crippen LogP contribution in [0.15, 0.2) is 48.5 Å². The Kier molecular flexibility index (Phi) is 4.88. The number of anilines is 1. The van der Waals surface area contributed by atoms with Crippen molar-refractivity contribution in [3.63, 3.8) is 0 Å². The SMILES string of the molecule is COc1ccc(N2CCN(Cc3cccc(OC)c3)C(=O)C2=O)cc1. The standard InChI is InChI=1S/C19H20N2O4/c1-24-16-8-6-15(7-9-16)21-11-10-20(18(22)19(21)23)13-14-4-3-5-17(12-14)25-2/h3-9,12H,10-11,13H2,1-2H3. The van der Waals surface area contributed by atoms with Gasteiger partial charge in [0.2, 0.25) is 0 Å². The van der Waals surface area contributed by atoms with E-state index in [1.54, 1.807) is 43.4 Å². The van der Waals surface area contributed by atoms with Crippen LogP contribution in [0.25, 0.3) is 0 Å². The second-order valence-corrected chi connectivity index (χ2v) is 5.73. The van der Waals surface area contributed by atoms with Crippen molar-refractivity contribution >= 4 is 17.5 Å². The molecule has 0 unspecified atom stereocenters. The molecular formula is C19H20N2O4. The smallest absolute Gasteiger partial charge is 0.316 e. The highest BCUT2D eigenvalue weighted by Crippen LogP contribution is 2.22. The molecule has 1 aliphatic heterocycles. The second-order valence-electron chi connectivity index (χ2n) is 5.73. The normalized spacial score (nSPS) is 14.6. The van der Waals surface area contributed by atoms with Crippen LogP contribution < -0.4 is 14.4 Å². The Labute approximate surface area is 146 Å². The summed E-state index contributed by atoms with van der Waals surface area (Å²) >= 11 is 0. The van der Waals surface area contributed by atoms with Crippen molar-refractivity contribution in [2.24, 2.45) is 0 Å². The maximum absolute atomic E-state index is 12.5. The molecule has 1 fully saturated rings. The Balaban J connectivity index is 1.71. The van der Waals surface area contributed by atoms with Crippen molar-refractivity contribution in [2.75, 3.05) is 32.2 Å². The van der Waals surface area contributed by atoms with Gasteiger partial charge >= 0.3 is 11.8 Å². The van der Waals surface area contributed by atoms with Crippen LogP contribution in [-0.2, 0) is 16.1 Å². The lowest BCUT2D eigenvalue weighted by atomic mass is 10.1. The van der Waals surface area contributed by atoms with Crippen molar-refractivity contribution in [1.29, 1.82) is 0 Å². The number of carbonyl (C=O) groups excluding carboxylic acids is 2. The summed E-state index contributed by atoms with van der Waals surface area (Å²) in [6.07, 6.45) is 0. The first-order chi connectivity index (χ1) is 12.1. The summed E-state index contributed by atoms with van der Waals surface area (Å²) < 4.78 is 10.3. The van der Waals surface area contributed by atoms with E-state index >= 15 is 0 Å². The molecule has 0 radical (unpaired) electrons. The fourth-order valence-electron chi connectivity index (χ4n) is 2.83. The van der Waals surface area contributed by atoms with Gasteiger partial charge in [-0.1, -0.05) is 12.1 Å². The van der Waals surface area contributed by atoms with E-state index in [2.05, 4.69) is 0 Å². The molecule has 6 nitrogen and oxygen atoms in total. The Morgan fingerprint density at radius 1 is 0.880 bits per heavy atom. The van der Waals surface area contributed by atoms with Gasteiger partial charge in [0.1, 0.15) is 11.5 Å². The summed E-state index contributed by atoms with van der Waals surface area (Å²) in [5, 5.41) is 0. The Morgan fingerprint density at radius 3 is 2.28 bits per heavy atom. The van der Waals surface area contributed by atoms with Crippen molar-refractivity contribution in [3.8, 4) is 11.5 Å². The maximum atomic E-state index is 12.5. The Morgan fingerprint density at radius 2 is 1.60 bits per heavy atom. The van der Waals surface area contributed by atoms with Crippen molar-refractivity contribution < 1.29 is 19.1 Å². The average molecular weight is 340 g/mol. The van der Waals surface area contributed by atoms with Gasteiger partial charge in [0, 0.05) is 25.3 Å². The molecule has 0 aliphatic carbocycles. The van der Waals surface area contributed by atoms with E-state index in [1.807, 2.05) is 24.3 Å². The minimum Gasteiger partial charge on any atom is -0.497 e. The third-order valence-corrected chi connectivity index (χ3v) is 4.20. The van der Waals surface area contributed by atoms with Gasteiger partial charge in [0.25, 0.3) is 0 Å².